The van der Waals surface area contributed by atoms with Gasteiger partial charge in [0, 0.05) is 19.5 Å². The topological polar surface area (TPSA) is 21.7 Å². The molecule has 1 radical (unpaired) electrons. The normalized spacial score (nSPS) is 19.6. The summed E-state index contributed by atoms with van der Waals surface area (Å²) in [6.45, 7) is 7.26. The summed E-state index contributed by atoms with van der Waals surface area (Å²) in [4.78, 5) is 12.5. The van der Waals surface area contributed by atoms with Gasteiger partial charge in [0.25, 0.3) is 0 Å². The summed E-state index contributed by atoms with van der Waals surface area (Å²) in [5, 5.41) is 0. The average Bonchev–Trinajstić information content (AvgIpc) is 2.19. The molecule has 0 unspecified atom stereocenters. The smallest absolute Gasteiger partial charge is 0.202 e. The Morgan fingerprint density at radius 3 is 2.38 bits per heavy atom. The van der Waals surface area contributed by atoms with Crippen LogP contribution in [0.2, 0.25) is 0 Å². The summed E-state index contributed by atoms with van der Waals surface area (Å²) in [7, 11) is 0. The van der Waals surface area contributed by atoms with Gasteiger partial charge in [0.2, 0.25) is 6.23 Å². The molecule has 0 bridgehead atoms. The van der Waals surface area contributed by atoms with Crippen LogP contribution in [0.1, 0.15) is 39.5 Å². The van der Waals surface area contributed by atoms with Crippen LogP contribution >= 0.6 is 0 Å². The van der Waals surface area contributed by atoms with E-state index < -0.39 is 0 Å². The van der Waals surface area contributed by atoms with Crippen molar-refractivity contribution >= 4 is 0 Å². The van der Waals surface area contributed by atoms with E-state index in [-0.39, 0.29) is 0 Å². The van der Waals surface area contributed by atoms with Crippen LogP contribution in [-0.2, 0) is 9.78 Å². The van der Waals surface area contributed by atoms with Gasteiger partial charge in [0.1, 0.15) is 0 Å². The molecule has 0 N–H and O–H groups in total. The Hall–Kier alpha value is -0.120. The highest BCUT2D eigenvalue weighted by Crippen LogP contribution is 2.22. The van der Waals surface area contributed by atoms with Gasteiger partial charge in [-0.05, 0) is 19.3 Å². The fraction of sp³-hybridized carbons (Fsp3) is 0.900. The van der Waals surface area contributed by atoms with Crippen molar-refractivity contribution in [3.05, 3.63) is 6.23 Å². The van der Waals surface area contributed by atoms with Gasteiger partial charge in [-0.25, -0.2) is 9.78 Å². The maximum absolute atomic E-state index is 5.19. The van der Waals surface area contributed by atoms with Gasteiger partial charge in [0.05, 0.1) is 6.61 Å². The highest BCUT2D eigenvalue weighted by atomic mass is 17.2. The Morgan fingerprint density at radius 2 is 1.92 bits per heavy atom. The predicted octanol–water partition coefficient (Wildman–Crippen LogP) is 2.34. The summed E-state index contributed by atoms with van der Waals surface area (Å²) in [5.41, 5.74) is 0. The Morgan fingerprint density at radius 1 is 1.23 bits per heavy atom. The quantitative estimate of drug-likeness (QED) is 0.615. The lowest BCUT2D eigenvalue weighted by Crippen LogP contribution is -2.34. The minimum absolute atomic E-state index is 0.732. The molecule has 1 heterocycles. The first kappa shape index (κ1) is 11.0. The van der Waals surface area contributed by atoms with Gasteiger partial charge in [0.15, 0.2) is 0 Å². The van der Waals surface area contributed by atoms with Crippen LogP contribution in [0.15, 0.2) is 0 Å². The molecule has 3 nitrogen and oxygen atoms in total. The zero-order valence-corrected chi connectivity index (χ0v) is 8.71. The van der Waals surface area contributed by atoms with E-state index in [2.05, 4.69) is 18.7 Å². The van der Waals surface area contributed by atoms with E-state index in [1.54, 1.807) is 0 Å². The molecular weight excluding hydrogens is 166 g/mol. The Kier molecular flexibility index (Phi) is 5.35. The highest BCUT2D eigenvalue weighted by molar-refractivity contribution is 4.79. The molecule has 0 aromatic carbocycles. The van der Waals surface area contributed by atoms with Crippen LogP contribution in [0, 0.1) is 6.23 Å². The molecule has 1 rings (SSSR count). The fourth-order valence-corrected chi connectivity index (χ4v) is 1.55. The van der Waals surface area contributed by atoms with Gasteiger partial charge < -0.3 is 0 Å². The molecule has 0 aromatic rings. The lowest BCUT2D eigenvalue weighted by Gasteiger charge is -2.30. The van der Waals surface area contributed by atoms with E-state index >= 15 is 0 Å². The van der Waals surface area contributed by atoms with Crippen LogP contribution in [0.5, 0.6) is 0 Å². The second kappa shape index (κ2) is 6.35. The molecule has 1 aliphatic heterocycles. The molecule has 0 atom stereocenters. The summed E-state index contributed by atoms with van der Waals surface area (Å²) >= 11 is 0. The van der Waals surface area contributed by atoms with E-state index in [0.717, 1.165) is 51.6 Å². The zero-order valence-electron chi connectivity index (χ0n) is 8.71. The summed E-state index contributed by atoms with van der Waals surface area (Å²) in [6, 6.07) is 0. The molecule has 0 spiro atoms. The molecule has 3 heteroatoms. The highest BCUT2D eigenvalue weighted by Gasteiger charge is 2.23. The molecule has 1 saturated heterocycles. The van der Waals surface area contributed by atoms with E-state index in [9.17, 15) is 0 Å². The molecule has 0 aliphatic carbocycles. The minimum atomic E-state index is 0.732. The van der Waals surface area contributed by atoms with Crippen molar-refractivity contribution in [1.82, 2.24) is 4.90 Å². The summed E-state index contributed by atoms with van der Waals surface area (Å²) < 4.78 is 0. The summed E-state index contributed by atoms with van der Waals surface area (Å²) in [6.07, 6.45) is 5.45. The molecule has 1 fully saturated rings. The Bertz CT molecular complexity index is 118. The number of hydrogen-bond acceptors (Lipinski definition) is 3. The van der Waals surface area contributed by atoms with Crippen molar-refractivity contribution in [2.24, 2.45) is 0 Å². The van der Waals surface area contributed by atoms with E-state index in [1.165, 1.54) is 0 Å². The van der Waals surface area contributed by atoms with Crippen LogP contribution in [0.3, 0.4) is 0 Å². The largest absolute Gasteiger partial charge is 0.269 e. The first-order chi connectivity index (χ1) is 6.38. The van der Waals surface area contributed by atoms with Crippen molar-refractivity contribution < 1.29 is 9.78 Å². The van der Waals surface area contributed by atoms with Crippen molar-refractivity contribution in [3.63, 3.8) is 0 Å². The van der Waals surface area contributed by atoms with E-state index in [0.29, 0.717) is 0 Å². The second-order valence-corrected chi connectivity index (χ2v) is 3.39. The number of rotatable bonds is 5. The maximum atomic E-state index is 5.19. The van der Waals surface area contributed by atoms with Crippen molar-refractivity contribution in [2.75, 3.05) is 19.7 Å². The monoisotopic (exact) mass is 186 g/mol. The summed E-state index contributed by atoms with van der Waals surface area (Å²) in [5.74, 6) is 0. The first-order valence-corrected chi connectivity index (χ1v) is 5.28. The SMILES string of the molecule is CCCN(CCC)[C]1CCCOO1. The van der Waals surface area contributed by atoms with E-state index in [1.807, 2.05) is 0 Å². The zero-order chi connectivity index (χ0) is 9.52. The van der Waals surface area contributed by atoms with Crippen LogP contribution in [0.25, 0.3) is 0 Å². The molecular formula is C10H20NO2. The minimum Gasteiger partial charge on any atom is -0.269 e. The number of nitrogens with zero attached hydrogens (tertiary/aromatic N) is 1. The predicted molar refractivity (Wildman–Crippen MR) is 51.7 cm³/mol. The Labute approximate surface area is 80.9 Å². The lowest BCUT2D eigenvalue weighted by molar-refractivity contribution is -0.327. The molecule has 13 heavy (non-hydrogen) atoms. The van der Waals surface area contributed by atoms with Crippen LogP contribution in [0.4, 0.5) is 0 Å². The van der Waals surface area contributed by atoms with Crippen LogP contribution in [-0.4, -0.2) is 24.6 Å². The first-order valence-electron chi connectivity index (χ1n) is 5.28. The third kappa shape index (κ3) is 3.63. The molecule has 1 aliphatic rings. The van der Waals surface area contributed by atoms with E-state index in [4.69, 9.17) is 9.78 Å². The second-order valence-electron chi connectivity index (χ2n) is 3.39. The van der Waals surface area contributed by atoms with Crippen molar-refractivity contribution in [3.8, 4) is 0 Å². The molecule has 0 amide bonds. The van der Waals surface area contributed by atoms with Gasteiger partial charge in [-0.1, -0.05) is 13.8 Å². The van der Waals surface area contributed by atoms with Crippen molar-refractivity contribution in [2.45, 2.75) is 39.5 Å². The Balaban J connectivity index is 2.32. The maximum Gasteiger partial charge on any atom is 0.202 e. The fourth-order valence-electron chi connectivity index (χ4n) is 1.55. The average molecular weight is 186 g/mol. The molecule has 77 valence electrons. The molecule has 0 saturated carbocycles. The van der Waals surface area contributed by atoms with Gasteiger partial charge in [-0.3, -0.25) is 4.90 Å². The van der Waals surface area contributed by atoms with Gasteiger partial charge in [-0.15, -0.1) is 0 Å². The van der Waals surface area contributed by atoms with Gasteiger partial charge in [-0.2, -0.15) is 0 Å². The third-order valence-electron chi connectivity index (χ3n) is 2.11. The van der Waals surface area contributed by atoms with Crippen molar-refractivity contribution in [1.29, 1.82) is 0 Å². The lowest BCUT2D eigenvalue weighted by atomic mass is 10.2. The molecule has 0 aromatic heterocycles. The van der Waals surface area contributed by atoms with Gasteiger partial charge >= 0.3 is 0 Å². The standard InChI is InChI=1S/C10H20NO2/c1-3-7-11(8-4-2)10-6-5-9-12-13-10/h3-9H2,1-2H3. The number of hydrogen-bond donors (Lipinski definition) is 0. The van der Waals surface area contributed by atoms with Crippen LogP contribution < -0.4 is 0 Å². The third-order valence-corrected chi connectivity index (χ3v) is 2.11.